The van der Waals surface area contributed by atoms with Crippen molar-refractivity contribution < 1.29 is 23.0 Å². The summed E-state index contributed by atoms with van der Waals surface area (Å²) in [6, 6.07) is 13.3. The van der Waals surface area contributed by atoms with Crippen LogP contribution in [0.4, 0.5) is 14.5 Å². The van der Waals surface area contributed by atoms with Crippen molar-refractivity contribution in [1.82, 2.24) is 14.8 Å². The Hall–Kier alpha value is -3.63. The van der Waals surface area contributed by atoms with E-state index in [1.54, 1.807) is 12.1 Å². The monoisotopic (exact) mass is 482 g/mol. The van der Waals surface area contributed by atoms with Crippen LogP contribution in [0.1, 0.15) is 23.5 Å². The van der Waals surface area contributed by atoms with E-state index in [9.17, 15) is 13.6 Å². The number of carbonyl (C=O) groups excluding carboxylic acids is 1. The van der Waals surface area contributed by atoms with Gasteiger partial charge >= 0.3 is 0 Å². The lowest BCUT2D eigenvalue weighted by Crippen LogP contribution is -2.19. The normalized spacial score (nSPS) is 15.4. The molecule has 1 atom stereocenters. The minimum absolute atomic E-state index is 0.0324. The lowest BCUT2D eigenvalue weighted by Gasteiger charge is -2.15. The molecule has 7 nitrogen and oxygen atoms in total. The zero-order valence-corrected chi connectivity index (χ0v) is 18.7. The van der Waals surface area contributed by atoms with Crippen molar-refractivity contribution in [2.75, 3.05) is 18.5 Å². The Kier molecular flexibility index (Phi) is 6.33. The van der Waals surface area contributed by atoms with Gasteiger partial charge in [-0.3, -0.25) is 4.79 Å². The van der Waals surface area contributed by atoms with Gasteiger partial charge in [0.15, 0.2) is 5.82 Å². The molecule has 1 saturated heterocycles. The Morgan fingerprint density at radius 2 is 2.00 bits per heavy atom. The lowest BCUT2D eigenvalue weighted by molar-refractivity contribution is 0.0681. The molecule has 174 valence electrons. The molecule has 1 unspecified atom stereocenters. The van der Waals surface area contributed by atoms with Crippen LogP contribution in [0.2, 0.25) is 0 Å². The van der Waals surface area contributed by atoms with Crippen molar-refractivity contribution in [3.63, 3.8) is 0 Å². The average Bonchev–Trinajstić information content (AvgIpc) is 3.60. The number of nitrogens with zero attached hydrogens (tertiary/aromatic N) is 3. The van der Waals surface area contributed by atoms with E-state index in [4.69, 9.17) is 9.47 Å². The Morgan fingerprint density at radius 1 is 1.18 bits per heavy atom. The largest absolute Gasteiger partial charge is 0.489 e. The summed E-state index contributed by atoms with van der Waals surface area (Å²) < 4.78 is 40.2. The Bertz CT molecular complexity index is 1290. The van der Waals surface area contributed by atoms with E-state index in [1.807, 2.05) is 17.5 Å². The highest BCUT2D eigenvalue weighted by molar-refractivity contribution is 7.13. The number of aromatic nitrogens is 3. The number of hydrogen-bond acceptors (Lipinski definition) is 6. The third kappa shape index (κ3) is 4.82. The second-order valence-electron chi connectivity index (χ2n) is 7.67. The number of halogens is 2. The van der Waals surface area contributed by atoms with Crippen LogP contribution in [0.5, 0.6) is 5.75 Å². The summed E-state index contributed by atoms with van der Waals surface area (Å²) in [5.74, 6) is -0.916. The van der Waals surface area contributed by atoms with Gasteiger partial charge in [-0.1, -0.05) is 6.07 Å². The SMILES string of the molecule is O=C(Nc1cc(F)ccc1OCC1CCCO1)c1nc(-c2cccs2)n(-c2ccc(F)cc2)n1. The molecule has 0 saturated carbocycles. The summed E-state index contributed by atoms with van der Waals surface area (Å²) in [4.78, 5) is 18.2. The molecule has 4 aromatic rings. The Labute approximate surface area is 198 Å². The molecule has 3 heterocycles. The van der Waals surface area contributed by atoms with Gasteiger partial charge in [0.25, 0.3) is 5.91 Å². The average molecular weight is 483 g/mol. The fourth-order valence-electron chi connectivity index (χ4n) is 3.60. The number of amides is 1. The number of ether oxygens (including phenoxy) is 2. The van der Waals surface area contributed by atoms with Gasteiger partial charge in [0.2, 0.25) is 5.82 Å². The van der Waals surface area contributed by atoms with Crippen LogP contribution in [0.3, 0.4) is 0 Å². The van der Waals surface area contributed by atoms with Crippen LogP contribution in [0, 0.1) is 11.6 Å². The highest BCUT2D eigenvalue weighted by atomic mass is 32.1. The number of anilines is 1. The quantitative estimate of drug-likeness (QED) is 0.397. The summed E-state index contributed by atoms with van der Waals surface area (Å²) >= 11 is 1.43. The topological polar surface area (TPSA) is 78.3 Å². The van der Waals surface area contributed by atoms with Gasteiger partial charge < -0.3 is 14.8 Å². The fourth-order valence-corrected chi connectivity index (χ4v) is 4.30. The van der Waals surface area contributed by atoms with Crippen LogP contribution in [-0.2, 0) is 4.74 Å². The molecule has 10 heteroatoms. The first kappa shape index (κ1) is 22.2. The maximum absolute atomic E-state index is 14.0. The van der Waals surface area contributed by atoms with E-state index in [2.05, 4.69) is 15.4 Å². The van der Waals surface area contributed by atoms with Crippen molar-refractivity contribution in [1.29, 1.82) is 0 Å². The molecule has 5 rings (SSSR count). The second kappa shape index (κ2) is 9.70. The van der Waals surface area contributed by atoms with Crippen LogP contribution in [0.25, 0.3) is 16.4 Å². The van der Waals surface area contributed by atoms with E-state index in [0.29, 0.717) is 30.5 Å². The molecular formula is C24H20F2N4O3S. The van der Waals surface area contributed by atoms with Gasteiger partial charge in [0.05, 0.1) is 22.4 Å². The molecule has 0 aliphatic carbocycles. The molecule has 2 aromatic heterocycles. The predicted octanol–water partition coefficient (Wildman–Crippen LogP) is 5.08. The van der Waals surface area contributed by atoms with Crippen molar-refractivity contribution in [2.45, 2.75) is 18.9 Å². The highest BCUT2D eigenvalue weighted by Gasteiger charge is 2.22. The van der Waals surface area contributed by atoms with Crippen molar-refractivity contribution in [3.8, 4) is 22.1 Å². The maximum atomic E-state index is 14.0. The molecule has 0 bridgehead atoms. The fraction of sp³-hybridized carbons (Fsp3) is 0.208. The zero-order valence-electron chi connectivity index (χ0n) is 17.9. The molecule has 2 aromatic carbocycles. The van der Waals surface area contributed by atoms with Gasteiger partial charge in [0, 0.05) is 12.7 Å². The summed E-state index contributed by atoms with van der Waals surface area (Å²) in [5.41, 5.74) is 0.710. The summed E-state index contributed by atoms with van der Waals surface area (Å²) in [5, 5.41) is 8.87. The van der Waals surface area contributed by atoms with Gasteiger partial charge in [-0.2, -0.15) is 0 Å². The minimum Gasteiger partial charge on any atom is -0.489 e. The standard InChI is InChI=1S/C24H20F2N4O3S/c25-15-5-8-17(9-6-15)30-23(21-4-2-12-34-21)28-22(29-30)24(31)27-19-13-16(26)7-10-20(19)33-14-18-3-1-11-32-18/h2,4-10,12-13,18H,1,3,11,14H2,(H,27,31). The molecule has 0 spiro atoms. The number of rotatable bonds is 7. The molecule has 1 aliphatic rings. The minimum atomic E-state index is -0.633. The maximum Gasteiger partial charge on any atom is 0.295 e. The van der Waals surface area contributed by atoms with Crippen LogP contribution >= 0.6 is 11.3 Å². The van der Waals surface area contributed by atoms with Gasteiger partial charge in [0.1, 0.15) is 24.0 Å². The van der Waals surface area contributed by atoms with Gasteiger partial charge in [-0.05, 0) is 60.7 Å². The number of thiophene rings is 1. The lowest BCUT2D eigenvalue weighted by atomic mass is 10.2. The molecule has 1 aliphatic heterocycles. The number of carbonyl (C=O) groups is 1. The highest BCUT2D eigenvalue weighted by Crippen LogP contribution is 2.29. The Balaban J connectivity index is 1.42. The first-order valence-electron chi connectivity index (χ1n) is 10.7. The van der Waals surface area contributed by atoms with Crippen LogP contribution in [0.15, 0.2) is 60.0 Å². The zero-order chi connectivity index (χ0) is 23.5. The number of nitrogens with one attached hydrogen (secondary N) is 1. The number of hydrogen-bond donors (Lipinski definition) is 1. The van der Waals surface area contributed by atoms with E-state index in [0.717, 1.165) is 17.7 Å². The molecule has 34 heavy (non-hydrogen) atoms. The first-order valence-corrected chi connectivity index (χ1v) is 11.6. The van der Waals surface area contributed by atoms with Crippen molar-refractivity contribution in [2.24, 2.45) is 0 Å². The van der Waals surface area contributed by atoms with E-state index in [-0.39, 0.29) is 23.4 Å². The van der Waals surface area contributed by atoms with E-state index in [1.165, 1.54) is 46.4 Å². The first-order chi connectivity index (χ1) is 16.6. The summed E-state index contributed by atoms with van der Waals surface area (Å²) in [6.45, 7) is 0.991. The molecule has 0 radical (unpaired) electrons. The summed E-state index contributed by atoms with van der Waals surface area (Å²) in [6.07, 6.45) is 1.82. The molecule has 1 N–H and O–H groups in total. The van der Waals surface area contributed by atoms with Crippen LogP contribution < -0.4 is 10.1 Å². The molecule has 1 fully saturated rings. The smallest absolute Gasteiger partial charge is 0.295 e. The third-order valence-corrected chi connectivity index (χ3v) is 6.13. The number of benzene rings is 2. The summed E-state index contributed by atoms with van der Waals surface area (Å²) in [7, 11) is 0. The van der Waals surface area contributed by atoms with Crippen LogP contribution in [-0.4, -0.2) is 40.0 Å². The second-order valence-corrected chi connectivity index (χ2v) is 8.61. The predicted molar refractivity (Wildman–Crippen MR) is 123 cm³/mol. The molecule has 1 amide bonds. The van der Waals surface area contributed by atoms with E-state index < -0.39 is 11.7 Å². The van der Waals surface area contributed by atoms with Crippen molar-refractivity contribution in [3.05, 3.63) is 77.4 Å². The van der Waals surface area contributed by atoms with Gasteiger partial charge in [-0.25, -0.2) is 18.4 Å². The van der Waals surface area contributed by atoms with Gasteiger partial charge in [-0.15, -0.1) is 16.4 Å². The van der Waals surface area contributed by atoms with Crippen molar-refractivity contribution >= 4 is 22.9 Å². The van der Waals surface area contributed by atoms with E-state index >= 15 is 0 Å². The third-order valence-electron chi connectivity index (χ3n) is 5.26. The Morgan fingerprint density at radius 3 is 2.74 bits per heavy atom. The molecular weight excluding hydrogens is 462 g/mol.